The lowest BCUT2D eigenvalue weighted by Gasteiger charge is -2.13. The van der Waals surface area contributed by atoms with Gasteiger partial charge in [0, 0.05) is 18.5 Å². The van der Waals surface area contributed by atoms with Gasteiger partial charge < -0.3 is 14.8 Å². The third-order valence-corrected chi connectivity index (χ3v) is 4.18. The number of nitrogens with zero attached hydrogens (tertiary/aromatic N) is 1. The number of hydrogen-bond donors (Lipinski definition) is 1. The van der Waals surface area contributed by atoms with Crippen LogP contribution in [0.15, 0.2) is 40.7 Å². The van der Waals surface area contributed by atoms with Crippen LogP contribution in [0.5, 0.6) is 5.75 Å². The summed E-state index contributed by atoms with van der Waals surface area (Å²) < 4.78 is 10.9. The Kier molecular flexibility index (Phi) is 4.52. The average molecular weight is 302 g/mol. The largest absolute Gasteiger partial charge is 0.490 e. The van der Waals surface area contributed by atoms with Gasteiger partial charge in [-0.15, -0.1) is 11.3 Å². The Morgan fingerprint density at radius 1 is 1.29 bits per heavy atom. The summed E-state index contributed by atoms with van der Waals surface area (Å²) in [6.45, 7) is 2.81. The molecule has 0 spiro atoms. The molecule has 3 rings (SSSR count). The van der Waals surface area contributed by atoms with Crippen molar-refractivity contribution < 1.29 is 9.47 Å². The van der Waals surface area contributed by atoms with Crippen molar-refractivity contribution >= 4 is 17.2 Å². The lowest BCUT2D eigenvalue weighted by Crippen LogP contribution is -2.20. The second kappa shape index (κ2) is 6.74. The molecule has 4 nitrogen and oxygen atoms in total. The van der Waals surface area contributed by atoms with E-state index in [1.54, 1.807) is 18.4 Å². The zero-order valence-electron chi connectivity index (χ0n) is 12.0. The van der Waals surface area contributed by atoms with Crippen molar-refractivity contribution in [2.24, 2.45) is 4.99 Å². The summed E-state index contributed by atoms with van der Waals surface area (Å²) in [5.41, 5.74) is 2.21. The van der Waals surface area contributed by atoms with Gasteiger partial charge in [0.1, 0.15) is 18.2 Å². The van der Waals surface area contributed by atoms with Crippen molar-refractivity contribution in [1.29, 1.82) is 0 Å². The molecular weight excluding hydrogens is 284 g/mol. The third kappa shape index (κ3) is 3.25. The second-order valence-corrected chi connectivity index (χ2v) is 5.63. The lowest BCUT2D eigenvalue weighted by atomic mass is 10.1. The fourth-order valence-corrected chi connectivity index (χ4v) is 2.97. The Morgan fingerprint density at radius 2 is 2.24 bits per heavy atom. The number of ether oxygens (including phenoxy) is 2. The van der Waals surface area contributed by atoms with Gasteiger partial charge in [-0.2, -0.15) is 0 Å². The molecule has 0 unspecified atom stereocenters. The first-order valence-electron chi connectivity index (χ1n) is 6.97. The number of nitrogens with one attached hydrogen (secondary N) is 1. The van der Waals surface area contributed by atoms with Crippen molar-refractivity contribution in [3.8, 4) is 16.2 Å². The zero-order chi connectivity index (χ0) is 14.5. The number of methoxy groups -OCH3 is 1. The highest BCUT2D eigenvalue weighted by molar-refractivity contribution is 7.13. The van der Waals surface area contributed by atoms with Gasteiger partial charge in [0.25, 0.3) is 0 Å². The highest BCUT2D eigenvalue weighted by atomic mass is 32.1. The number of amidine groups is 1. The van der Waals surface area contributed by atoms with Gasteiger partial charge in [0.2, 0.25) is 0 Å². The molecule has 5 heteroatoms. The molecule has 110 valence electrons. The topological polar surface area (TPSA) is 42.9 Å². The van der Waals surface area contributed by atoms with Crippen LogP contribution in [0.1, 0.15) is 5.56 Å². The van der Waals surface area contributed by atoms with E-state index in [1.807, 2.05) is 6.07 Å². The molecule has 21 heavy (non-hydrogen) atoms. The van der Waals surface area contributed by atoms with Gasteiger partial charge in [-0.3, -0.25) is 4.99 Å². The monoisotopic (exact) mass is 302 g/mol. The van der Waals surface area contributed by atoms with Crippen LogP contribution in [-0.4, -0.2) is 39.2 Å². The predicted molar refractivity (Wildman–Crippen MR) is 86.5 cm³/mol. The van der Waals surface area contributed by atoms with E-state index in [0.717, 1.165) is 30.2 Å². The van der Waals surface area contributed by atoms with Gasteiger partial charge in [0.05, 0.1) is 18.7 Å². The quantitative estimate of drug-likeness (QED) is 0.834. The van der Waals surface area contributed by atoms with Crippen molar-refractivity contribution in [3.63, 3.8) is 0 Å². The van der Waals surface area contributed by atoms with Crippen LogP contribution in [-0.2, 0) is 4.74 Å². The van der Waals surface area contributed by atoms with Crippen LogP contribution >= 0.6 is 11.3 Å². The summed E-state index contributed by atoms with van der Waals surface area (Å²) >= 11 is 1.73. The number of thiophene rings is 1. The van der Waals surface area contributed by atoms with E-state index in [-0.39, 0.29) is 0 Å². The molecule has 0 bridgehead atoms. The first-order valence-corrected chi connectivity index (χ1v) is 7.85. The standard InChI is InChI=1S/C16H18N2O2S/c1-19-8-9-20-14-5-4-12(15-3-2-10-21-15)11-13(14)16-17-6-7-18-16/h2-5,10-11H,6-9H2,1H3,(H,17,18). The molecule has 1 aromatic carbocycles. The minimum atomic E-state index is 0.537. The normalized spacial score (nSPS) is 13.9. The average Bonchev–Trinajstić information content (AvgIpc) is 3.21. The maximum absolute atomic E-state index is 5.82. The molecule has 1 N–H and O–H groups in total. The second-order valence-electron chi connectivity index (χ2n) is 4.69. The Balaban J connectivity index is 1.92. The van der Waals surface area contributed by atoms with E-state index in [1.165, 1.54) is 10.4 Å². The molecule has 0 radical (unpaired) electrons. The van der Waals surface area contributed by atoms with Crippen molar-refractivity contribution in [3.05, 3.63) is 41.3 Å². The highest BCUT2D eigenvalue weighted by Crippen LogP contribution is 2.30. The number of hydrogen-bond acceptors (Lipinski definition) is 5. The highest BCUT2D eigenvalue weighted by Gasteiger charge is 2.15. The Bertz CT molecular complexity index is 623. The minimum Gasteiger partial charge on any atom is -0.490 e. The lowest BCUT2D eigenvalue weighted by molar-refractivity contribution is 0.146. The minimum absolute atomic E-state index is 0.537. The van der Waals surface area contributed by atoms with Crippen molar-refractivity contribution in [1.82, 2.24) is 5.32 Å². The van der Waals surface area contributed by atoms with Crippen LogP contribution in [0.4, 0.5) is 0 Å². The van der Waals surface area contributed by atoms with E-state index in [2.05, 4.69) is 40.0 Å². The van der Waals surface area contributed by atoms with Gasteiger partial charge >= 0.3 is 0 Å². The zero-order valence-corrected chi connectivity index (χ0v) is 12.8. The van der Waals surface area contributed by atoms with Crippen LogP contribution in [0, 0.1) is 0 Å². The van der Waals surface area contributed by atoms with E-state index < -0.39 is 0 Å². The van der Waals surface area contributed by atoms with Crippen LogP contribution in [0.25, 0.3) is 10.4 Å². The Labute approximate surface area is 128 Å². The first kappa shape index (κ1) is 14.1. The number of aliphatic imine (C=N–C) groups is 1. The molecular formula is C16H18N2O2S. The van der Waals surface area contributed by atoms with E-state index in [9.17, 15) is 0 Å². The summed E-state index contributed by atoms with van der Waals surface area (Å²) in [7, 11) is 1.67. The molecule has 0 saturated heterocycles. The van der Waals surface area contributed by atoms with Gasteiger partial charge in [-0.1, -0.05) is 6.07 Å². The summed E-state index contributed by atoms with van der Waals surface area (Å²) in [5.74, 6) is 1.77. The maximum Gasteiger partial charge on any atom is 0.132 e. The van der Waals surface area contributed by atoms with E-state index in [0.29, 0.717) is 13.2 Å². The molecule has 2 aromatic rings. The van der Waals surface area contributed by atoms with Crippen molar-refractivity contribution in [2.45, 2.75) is 0 Å². The molecule has 1 aliphatic heterocycles. The van der Waals surface area contributed by atoms with Crippen LogP contribution < -0.4 is 10.1 Å². The van der Waals surface area contributed by atoms with Crippen LogP contribution in [0.2, 0.25) is 0 Å². The van der Waals surface area contributed by atoms with Gasteiger partial charge in [-0.05, 0) is 35.2 Å². The SMILES string of the molecule is COCCOc1ccc(-c2cccs2)cc1C1=NCCN1. The Hall–Kier alpha value is -1.85. The van der Waals surface area contributed by atoms with Crippen LogP contribution in [0.3, 0.4) is 0 Å². The fraction of sp³-hybridized carbons (Fsp3) is 0.312. The maximum atomic E-state index is 5.82. The first-order chi connectivity index (χ1) is 10.4. The smallest absolute Gasteiger partial charge is 0.132 e. The van der Waals surface area contributed by atoms with E-state index >= 15 is 0 Å². The summed E-state index contributed by atoms with van der Waals surface area (Å²) in [6.07, 6.45) is 0. The number of rotatable bonds is 6. The molecule has 1 aliphatic rings. The van der Waals surface area contributed by atoms with Crippen molar-refractivity contribution in [2.75, 3.05) is 33.4 Å². The Morgan fingerprint density at radius 3 is 2.95 bits per heavy atom. The molecule has 2 heterocycles. The summed E-state index contributed by atoms with van der Waals surface area (Å²) in [5, 5.41) is 5.41. The fourth-order valence-electron chi connectivity index (χ4n) is 2.25. The summed E-state index contributed by atoms with van der Waals surface area (Å²) in [4.78, 5) is 5.76. The summed E-state index contributed by atoms with van der Waals surface area (Å²) in [6, 6.07) is 10.4. The molecule has 0 aliphatic carbocycles. The van der Waals surface area contributed by atoms with Gasteiger partial charge in [-0.25, -0.2) is 0 Å². The van der Waals surface area contributed by atoms with Gasteiger partial charge in [0.15, 0.2) is 0 Å². The third-order valence-electron chi connectivity index (χ3n) is 3.26. The number of benzene rings is 1. The predicted octanol–water partition coefficient (Wildman–Crippen LogP) is 2.79. The molecule has 0 saturated carbocycles. The molecule has 0 amide bonds. The molecule has 1 aromatic heterocycles. The molecule has 0 fully saturated rings. The van der Waals surface area contributed by atoms with E-state index in [4.69, 9.17) is 9.47 Å². The molecule has 0 atom stereocenters.